The summed E-state index contributed by atoms with van der Waals surface area (Å²) in [5.41, 5.74) is 2.05. The molecule has 0 amide bonds. The van der Waals surface area contributed by atoms with Gasteiger partial charge in [-0.15, -0.1) is 0 Å². The molecule has 0 N–H and O–H groups in total. The first-order chi connectivity index (χ1) is 7.72. The smallest absolute Gasteiger partial charge is 0.299 e. The summed E-state index contributed by atoms with van der Waals surface area (Å²) in [5, 5.41) is 10.7. The van der Waals surface area contributed by atoms with Gasteiger partial charge in [0.2, 0.25) is 0 Å². The van der Waals surface area contributed by atoms with Crippen LogP contribution in [0.5, 0.6) is 0 Å². The van der Waals surface area contributed by atoms with Crippen LogP contribution < -0.4 is 4.87 Å². The lowest BCUT2D eigenvalue weighted by molar-refractivity contribution is 0.749. The summed E-state index contributed by atoms with van der Waals surface area (Å²) in [4.78, 5) is 15.5. The average molecular weight is 231 g/mol. The molecule has 0 aromatic carbocycles. The highest BCUT2D eigenvalue weighted by molar-refractivity contribution is 7.07. The van der Waals surface area contributed by atoms with Crippen molar-refractivity contribution in [3.63, 3.8) is 0 Å². The fourth-order valence-corrected chi connectivity index (χ4v) is 2.17. The Morgan fingerprint density at radius 1 is 1.62 bits per heavy atom. The Morgan fingerprint density at radius 2 is 2.44 bits per heavy atom. The van der Waals surface area contributed by atoms with Crippen molar-refractivity contribution in [3.05, 3.63) is 50.3 Å². The Kier molecular flexibility index (Phi) is 2.84. The lowest BCUT2D eigenvalue weighted by atomic mass is 10.2. The average Bonchev–Trinajstić information content (AvgIpc) is 2.61. The minimum atomic E-state index is -0.00903. The van der Waals surface area contributed by atoms with Gasteiger partial charge >= 0.3 is 4.87 Å². The van der Waals surface area contributed by atoms with Crippen molar-refractivity contribution >= 4 is 11.3 Å². The molecule has 0 spiro atoms. The Hall–Kier alpha value is -1.93. The molecule has 2 heterocycles. The van der Waals surface area contributed by atoms with Gasteiger partial charge in [-0.2, -0.15) is 5.26 Å². The van der Waals surface area contributed by atoms with Gasteiger partial charge in [0.15, 0.2) is 0 Å². The van der Waals surface area contributed by atoms with Gasteiger partial charge in [0, 0.05) is 22.8 Å². The minimum Gasteiger partial charge on any atom is -0.299 e. The highest BCUT2D eigenvalue weighted by Gasteiger charge is 2.07. The second-order valence-corrected chi connectivity index (χ2v) is 4.17. The first-order valence-corrected chi connectivity index (χ1v) is 5.59. The molecule has 5 heteroatoms. The molecule has 0 radical (unpaired) electrons. The van der Waals surface area contributed by atoms with Gasteiger partial charge in [-0.3, -0.25) is 9.36 Å². The number of hydrogen-bond acceptors (Lipinski definition) is 4. The van der Waals surface area contributed by atoms with Gasteiger partial charge in [0.05, 0.1) is 6.54 Å². The van der Waals surface area contributed by atoms with Crippen molar-refractivity contribution in [2.45, 2.75) is 13.5 Å². The predicted molar refractivity (Wildman–Crippen MR) is 61.4 cm³/mol. The van der Waals surface area contributed by atoms with E-state index in [1.165, 1.54) is 11.3 Å². The molecular formula is C11H9N3OS. The van der Waals surface area contributed by atoms with E-state index < -0.39 is 0 Å². The van der Waals surface area contributed by atoms with Crippen LogP contribution >= 0.6 is 11.3 Å². The zero-order valence-electron chi connectivity index (χ0n) is 8.67. The van der Waals surface area contributed by atoms with Gasteiger partial charge < -0.3 is 0 Å². The number of aryl methyl sites for hydroxylation is 1. The molecule has 4 nitrogen and oxygen atoms in total. The summed E-state index contributed by atoms with van der Waals surface area (Å²) in [6.07, 6.45) is 1.57. The number of pyridine rings is 1. The van der Waals surface area contributed by atoms with Crippen LogP contribution in [-0.4, -0.2) is 9.55 Å². The zero-order chi connectivity index (χ0) is 11.5. The first kappa shape index (κ1) is 10.6. The molecule has 0 aliphatic heterocycles. The third-order valence-corrected chi connectivity index (χ3v) is 3.18. The van der Waals surface area contributed by atoms with Crippen LogP contribution in [0, 0.1) is 18.3 Å². The van der Waals surface area contributed by atoms with Crippen LogP contribution in [0.4, 0.5) is 0 Å². The molecule has 80 valence electrons. The van der Waals surface area contributed by atoms with Crippen molar-refractivity contribution in [2.75, 3.05) is 0 Å². The monoisotopic (exact) mass is 231 g/mol. The van der Waals surface area contributed by atoms with Crippen molar-refractivity contribution in [2.24, 2.45) is 0 Å². The van der Waals surface area contributed by atoms with E-state index in [0.29, 0.717) is 12.2 Å². The molecule has 0 bridgehead atoms. The van der Waals surface area contributed by atoms with Gasteiger partial charge in [-0.1, -0.05) is 17.4 Å². The van der Waals surface area contributed by atoms with Crippen LogP contribution in [0.2, 0.25) is 0 Å². The number of nitriles is 1. The predicted octanol–water partition coefficient (Wildman–Crippen LogP) is 1.53. The molecule has 0 aliphatic rings. The largest absolute Gasteiger partial charge is 0.307 e. The molecule has 2 aromatic rings. The number of thiazole rings is 1. The lowest BCUT2D eigenvalue weighted by Gasteiger charge is -2.05. The van der Waals surface area contributed by atoms with Gasteiger partial charge in [0.25, 0.3) is 0 Å². The number of hydrogen-bond donors (Lipinski definition) is 0. The van der Waals surface area contributed by atoms with Crippen LogP contribution in [-0.2, 0) is 6.54 Å². The summed E-state index contributed by atoms with van der Waals surface area (Å²) in [6, 6.07) is 5.61. The molecule has 16 heavy (non-hydrogen) atoms. The Balaban J connectivity index is 2.42. The fourth-order valence-electron chi connectivity index (χ4n) is 1.43. The van der Waals surface area contributed by atoms with Crippen LogP contribution in [0.15, 0.2) is 28.5 Å². The van der Waals surface area contributed by atoms with E-state index in [1.54, 1.807) is 16.8 Å². The van der Waals surface area contributed by atoms with Crippen LogP contribution in [0.25, 0.3) is 0 Å². The van der Waals surface area contributed by atoms with E-state index in [4.69, 9.17) is 5.26 Å². The molecule has 2 rings (SSSR count). The molecular weight excluding hydrogens is 222 g/mol. The number of aromatic nitrogens is 2. The summed E-state index contributed by atoms with van der Waals surface area (Å²) >= 11 is 1.17. The van der Waals surface area contributed by atoms with Gasteiger partial charge in [0.1, 0.15) is 11.8 Å². The molecule has 0 fully saturated rings. The van der Waals surface area contributed by atoms with E-state index in [-0.39, 0.29) is 4.87 Å². The number of nitrogens with zero attached hydrogens (tertiary/aromatic N) is 3. The quantitative estimate of drug-likeness (QED) is 0.787. The second kappa shape index (κ2) is 4.29. The Morgan fingerprint density at radius 3 is 3.06 bits per heavy atom. The summed E-state index contributed by atoms with van der Waals surface area (Å²) in [5.74, 6) is 0. The first-order valence-electron chi connectivity index (χ1n) is 4.71. The zero-order valence-corrected chi connectivity index (χ0v) is 9.49. The van der Waals surface area contributed by atoms with E-state index >= 15 is 0 Å². The van der Waals surface area contributed by atoms with Crippen molar-refractivity contribution in [1.29, 1.82) is 5.26 Å². The fraction of sp³-hybridized carbons (Fsp3) is 0.182. The molecule has 0 unspecified atom stereocenters. The second-order valence-electron chi connectivity index (χ2n) is 3.35. The van der Waals surface area contributed by atoms with E-state index in [2.05, 4.69) is 4.98 Å². The van der Waals surface area contributed by atoms with Crippen LogP contribution in [0.1, 0.15) is 17.0 Å². The summed E-state index contributed by atoms with van der Waals surface area (Å²) < 4.78 is 1.64. The molecule has 0 atom stereocenters. The van der Waals surface area contributed by atoms with Gasteiger partial charge in [-0.05, 0) is 13.0 Å². The Labute approximate surface area is 96.4 Å². The highest BCUT2D eigenvalue weighted by atomic mass is 32.1. The van der Waals surface area contributed by atoms with Crippen molar-refractivity contribution < 1.29 is 0 Å². The van der Waals surface area contributed by atoms with E-state index in [0.717, 1.165) is 11.3 Å². The van der Waals surface area contributed by atoms with E-state index in [9.17, 15) is 4.79 Å². The summed E-state index contributed by atoms with van der Waals surface area (Å²) in [7, 11) is 0. The SMILES string of the molecule is Cc1csc(=O)n1Cc1cccnc1C#N. The van der Waals surface area contributed by atoms with Crippen LogP contribution in [0.3, 0.4) is 0 Å². The normalized spacial score (nSPS) is 10.0. The van der Waals surface area contributed by atoms with Crippen molar-refractivity contribution in [1.82, 2.24) is 9.55 Å². The molecule has 0 saturated heterocycles. The molecule has 2 aromatic heterocycles. The maximum Gasteiger partial charge on any atom is 0.307 e. The van der Waals surface area contributed by atoms with Crippen molar-refractivity contribution in [3.8, 4) is 6.07 Å². The molecule has 0 aliphatic carbocycles. The highest BCUT2D eigenvalue weighted by Crippen LogP contribution is 2.08. The third kappa shape index (κ3) is 1.88. The maximum atomic E-state index is 11.5. The maximum absolute atomic E-state index is 11.5. The molecule has 0 saturated carbocycles. The third-order valence-electron chi connectivity index (χ3n) is 2.30. The lowest BCUT2D eigenvalue weighted by Crippen LogP contribution is -2.16. The number of rotatable bonds is 2. The topological polar surface area (TPSA) is 58.7 Å². The summed E-state index contributed by atoms with van der Waals surface area (Å²) in [6.45, 7) is 2.28. The van der Waals surface area contributed by atoms with E-state index in [1.807, 2.05) is 24.4 Å². The minimum absolute atomic E-state index is 0.00903. The Bertz CT molecular complexity index is 606. The standard InChI is InChI=1S/C11H9N3OS/c1-8-7-16-11(15)14(8)6-9-3-2-4-13-10(9)5-12/h2-4,7H,6H2,1H3. The van der Waals surface area contributed by atoms with Gasteiger partial charge in [-0.25, -0.2) is 4.98 Å².